The molecule has 98 valence electrons. The highest BCUT2D eigenvalue weighted by Gasteiger charge is 2.07. The molecular weight excluding hydrogens is 224 g/mol. The van der Waals surface area contributed by atoms with Crippen molar-refractivity contribution in [2.24, 2.45) is 0 Å². The molecule has 1 aromatic carbocycles. The number of aromatic nitrogens is 1. The largest absolute Gasteiger partial charge is 0.443 e. The van der Waals surface area contributed by atoms with Gasteiger partial charge in [0.25, 0.3) is 0 Å². The minimum Gasteiger partial charge on any atom is -0.443 e. The highest BCUT2D eigenvalue weighted by molar-refractivity contribution is 5.72. The van der Waals surface area contributed by atoms with Crippen molar-refractivity contribution in [3.63, 3.8) is 0 Å². The van der Waals surface area contributed by atoms with Gasteiger partial charge in [-0.25, -0.2) is 4.98 Å². The van der Waals surface area contributed by atoms with Gasteiger partial charge in [0.1, 0.15) is 5.52 Å². The van der Waals surface area contributed by atoms with Crippen molar-refractivity contribution in [1.29, 1.82) is 0 Å². The zero-order valence-corrected chi connectivity index (χ0v) is 11.5. The van der Waals surface area contributed by atoms with E-state index >= 15 is 0 Å². The monoisotopic (exact) mass is 246 g/mol. The Kier molecular flexibility index (Phi) is 4.02. The van der Waals surface area contributed by atoms with Gasteiger partial charge in [0.05, 0.1) is 0 Å². The molecule has 3 nitrogen and oxygen atoms in total. The maximum atomic E-state index is 5.31. The first-order valence-electron chi connectivity index (χ1n) is 6.62. The molecule has 2 rings (SSSR count). The number of hydrogen-bond acceptors (Lipinski definition) is 3. The van der Waals surface area contributed by atoms with Crippen molar-refractivity contribution in [2.45, 2.75) is 45.6 Å². The van der Waals surface area contributed by atoms with Crippen molar-refractivity contribution in [1.82, 2.24) is 10.3 Å². The average molecular weight is 246 g/mol. The molecule has 0 bridgehead atoms. The lowest BCUT2D eigenvalue weighted by atomic mass is 10.1. The molecule has 0 aliphatic rings. The summed E-state index contributed by atoms with van der Waals surface area (Å²) in [6.45, 7) is 7.68. The molecule has 0 amide bonds. The Morgan fingerprint density at radius 1 is 1.22 bits per heavy atom. The van der Waals surface area contributed by atoms with Crippen LogP contribution in [0.3, 0.4) is 0 Å². The fraction of sp³-hybridized carbons (Fsp3) is 0.533. The first-order valence-corrected chi connectivity index (χ1v) is 6.62. The molecule has 0 aliphatic heterocycles. The number of nitrogens with one attached hydrogen (secondary N) is 1. The maximum absolute atomic E-state index is 5.31. The smallest absolute Gasteiger partial charge is 0.181 e. The number of benzene rings is 1. The lowest BCUT2D eigenvalue weighted by Gasteiger charge is -2.20. The molecule has 0 aliphatic carbocycles. The molecule has 0 atom stereocenters. The SMILES string of the molecule is CC(C)(C)NCCCCc1ccc2ncoc2c1. The van der Waals surface area contributed by atoms with Crippen LogP contribution in [0.2, 0.25) is 0 Å². The normalized spacial score (nSPS) is 12.2. The molecule has 18 heavy (non-hydrogen) atoms. The molecule has 1 aromatic heterocycles. The van der Waals surface area contributed by atoms with E-state index in [0.717, 1.165) is 24.1 Å². The third-order valence-corrected chi connectivity index (χ3v) is 2.94. The van der Waals surface area contributed by atoms with Gasteiger partial charge in [0.15, 0.2) is 12.0 Å². The van der Waals surface area contributed by atoms with E-state index < -0.39 is 0 Å². The van der Waals surface area contributed by atoms with Gasteiger partial charge in [-0.05, 0) is 64.3 Å². The van der Waals surface area contributed by atoms with Crippen molar-refractivity contribution >= 4 is 11.1 Å². The summed E-state index contributed by atoms with van der Waals surface area (Å²) in [6.07, 6.45) is 5.00. The van der Waals surface area contributed by atoms with E-state index in [9.17, 15) is 0 Å². The first-order chi connectivity index (χ1) is 8.54. The minimum absolute atomic E-state index is 0.221. The quantitative estimate of drug-likeness (QED) is 0.820. The second-order valence-electron chi connectivity index (χ2n) is 5.79. The molecule has 0 radical (unpaired) electrons. The molecule has 3 heteroatoms. The van der Waals surface area contributed by atoms with Crippen LogP contribution in [0.25, 0.3) is 11.1 Å². The molecular formula is C15H22N2O. The predicted molar refractivity (Wildman–Crippen MR) is 74.7 cm³/mol. The summed E-state index contributed by atoms with van der Waals surface area (Å²) < 4.78 is 5.31. The number of rotatable bonds is 5. The number of hydrogen-bond donors (Lipinski definition) is 1. The number of aryl methyl sites for hydroxylation is 1. The van der Waals surface area contributed by atoms with Crippen LogP contribution in [0.1, 0.15) is 39.2 Å². The summed E-state index contributed by atoms with van der Waals surface area (Å²) in [4.78, 5) is 4.12. The first kappa shape index (κ1) is 13.1. The Bertz CT molecular complexity index is 496. The van der Waals surface area contributed by atoms with Crippen molar-refractivity contribution in [3.8, 4) is 0 Å². The van der Waals surface area contributed by atoms with Crippen molar-refractivity contribution in [2.75, 3.05) is 6.54 Å². The molecule has 2 aromatic rings. The Hall–Kier alpha value is -1.35. The number of fused-ring (bicyclic) bond motifs is 1. The van der Waals surface area contributed by atoms with Gasteiger partial charge < -0.3 is 9.73 Å². The highest BCUT2D eigenvalue weighted by atomic mass is 16.3. The minimum atomic E-state index is 0.221. The van der Waals surface area contributed by atoms with E-state index in [4.69, 9.17) is 4.42 Å². The maximum Gasteiger partial charge on any atom is 0.181 e. The summed E-state index contributed by atoms with van der Waals surface area (Å²) in [5, 5.41) is 3.51. The van der Waals surface area contributed by atoms with E-state index in [-0.39, 0.29) is 5.54 Å². The summed E-state index contributed by atoms with van der Waals surface area (Å²) in [7, 11) is 0. The fourth-order valence-corrected chi connectivity index (χ4v) is 1.97. The Morgan fingerprint density at radius 3 is 2.83 bits per heavy atom. The topological polar surface area (TPSA) is 38.1 Å². The third-order valence-electron chi connectivity index (χ3n) is 2.94. The van der Waals surface area contributed by atoms with E-state index in [1.54, 1.807) is 0 Å². The van der Waals surface area contributed by atoms with E-state index in [0.29, 0.717) is 0 Å². The molecule has 0 saturated heterocycles. The van der Waals surface area contributed by atoms with Crippen LogP contribution in [0.4, 0.5) is 0 Å². The zero-order valence-electron chi connectivity index (χ0n) is 11.5. The van der Waals surface area contributed by atoms with Gasteiger partial charge in [0.2, 0.25) is 0 Å². The highest BCUT2D eigenvalue weighted by Crippen LogP contribution is 2.15. The van der Waals surface area contributed by atoms with Crippen LogP contribution in [0.5, 0.6) is 0 Å². The summed E-state index contributed by atoms with van der Waals surface area (Å²) >= 11 is 0. The Balaban J connectivity index is 1.76. The molecule has 0 unspecified atom stereocenters. The molecule has 0 fully saturated rings. The van der Waals surface area contributed by atoms with Gasteiger partial charge in [0, 0.05) is 5.54 Å². The van der Waals surface area contributed by atoms with Crippen LogP contribution < -0.4 is 5.32 Å². The van der Waals surface area contributed by atoms with Crippen LogP contribution in [0, 0.1) is 0 Å². The van der Waals surface area contributed by atoms with Gasteiger partial charge in [-0.2, -0.15) is 0 Å². The fourth-order valence-electron chi connectivity index (χ4n) is 1.97. The van der Waals surface area contributed by atoms with Crippen LogP contribution in [-0.2, 0) is 6.42 Å². The van der Waals surface area contributed by atoms with Crippen LogP contribution >= 0.6 is 0 Å². The lowest BCUT2D eigenvalue weighted by molar-refractivity contribution is 0.419. The molecule has 1 N–H and O–H groups in total. The van der Waals surface area contributed by atoms with E-state index in [1.165, 1.54) is 24.8 Å². The number of nitrogens with zero attached hydrogens (tertiary/aromatic N) is 1. The average Bonchev–Trinajstić information content (AvgIpc) is 2.74. The number of oxazole rings is 1. The number of unbranched alkanes of at least 4 members (excludes halogenated alkanes) is 1. The van der Waals surface area contributed by atoms with Gasteiger partial charge in [-0.15, -0.1) is 0 Å². The summed E-state index contributed by atoms with van der Waals surface area (Å²) in [5.74, 6) is 0. The van der Waals surface area contributed by atoms with Gasteiger partial charge >= 0.3 is 0 Å². The van der Waals surface area contributed by atoms with Gasteiger partial charge in [-0.1, -0.05) is 6.07 Å². The van der Waals surface area contributed by atoms with E-state index in [1.807, 2.05) is 6.07 Å². The molecule has 1 heterocycles. The van der Waals surface area contributed by atoms with Crippen molar-refractivity contribution in [3.05, 3.63) is 30.2 Å². The Morgan fingerprint density at radius 2 is 2.06 bits per heavy atom. The third kappa shape index (κ3) is 3.84. The standard InChI is InChI=1S/C15H22N2O/c1-15(2,3)17-9-5-4-6-12-7-8-13-14(10-12)18-11-16-13/h7-8,10-11,17H,4-6,9H2,1-3H3. The van der Waals surface area contributed by atoms with E-state index in [2.05, 4.69) is 43.2 Å². The van der Waals surface area contributed by atoms with Crippen molar-refractivity contribution < 1.29 is 4.42 Å². The summed E-state index contributed by atoms with van der Waals surface area (Å²) in [6, 6.07) is 6.27. The Labute approximate surface area is 109 Å². The second kappa shape index (κ2) is 5.53. The van der Waals surface area contributed by atoms with Gasteiger partial charge in [-0.3, -0.25) is 0 Å². The predicted octanol–water partition coefficient (Wildman–Crippen LogP) is 3.54. The molecule has 0 spiro atoms. The summed E-state index contributed by atoms with van der Waals surface area (Å²) in [5.41, 5.74) is 3.38. The zero-order chi connectivity index (χ0) is 13.0. The molecule has 0 saturated carbocycles. The van der Waals surface area contributed by atoms with Crippen LogP contribution in [-0.4, -0.2) is 17.1 Å². The van der Waals surface area contributed by atoms with Crippen LogP contribution in [0.15, 0.2) is 29.0 Å². The second-order valence-corrected chi connectivity index (χ2v) is 5.79. The lowest BCUT2D eigenvalue weighted by Crippen LogP contribution is -2.36.